The number of para-hydroxylation sites is 1. The highest BCUT2D eigenvalue weighted by Gasteiger charge is 2.20. The number of carbonyl (C=O) groups is 1. The molecule has 4 heteroatoms. The molecule has 20 heavy (non-hydrogen) atoms. The Morgan fingerprint density at radius 3 is 2.60 bits per heavy atom. The maximum Gasteiger partial charge on any atom is 0.330 e. The highest BCUT2D eigenvalue weighted by atomic mass is 16.5. The first kappa shape index (κ1) is 13.9. The molecule has 0 radical (unpaired) electrons. The van der Waals surface area contributed by atoms with Crippen LogP contribution in [0.1, 0.15) is 17.2 Å². The number of aryl methyl sites for hydroxylation is 1. The maximum atomic E-state index is 11.5. The van der Waals surface area contributed by atoms with Gasteiger partial charge in [0.15, 0.2) is 6.04 Å². The lowest BCUT2D eigenvalue weighted by atomic mass is 10.1. The normalized spacial score (nSPS) is 11.7. The van der Waals surface area contributed by atoms with Crippen molar-refractivity contribution >= 4 is 11.7 Å². The lowest BCUT2D eigenvalue weighted by Crippen LogP contribution is -2.20. The number of methoxy groups -OCH3 is 1. The van der Waals surface area contributed by atoms with Gasteiger partial charge in [-0.3, -0.25) is 0 Å². The van der Waals surface area contributed by atoms with Crippen LogP contribution in [0.15, 0.2) is 48.5 Å². The number of ether oxygens (including phenoxy) is 1. The molecule has 1 atom stereocenters. The van der Waals surface area contributed by atoms with E-state index in [1.807, 2.05) is 31.2 Å². The van der Waals surface area contributed by atoms with Gasteiger partial charge in [0.25, 0.3) is 0 Å². The zero-order valence-electron chi connectivity index (χ0n) is 11.5. The molecule has 0 amide bonds. The average molecular weight is 271 g/mol. The van der Waals surface area contributed by atoms with E-state index in [2.05, 4.69) is 5.32 Å². The summed E-state index contributed by atoms with van der Waals surface area (Å²) in [4.78, 5) is 11.5. The van der Waals surface area contributed by atoms with Crippen LogP contribution in [0.3, 0.4) is 0 Å². The number of anilines is 1. The van der Waals surface area contributed by atoms with Crippen molar-refractivity contribution in [2.75, 3.05) is 12.4 Å². The van der Waals surface area contributed by atoms with Crippen molar-refractivity contribution in [3.05, 3.63) is 59.7 Å². The third-order valence-electron chi connectivity index (χ3n) is 3.12. The monoisotopic (exact) mass is 271 g/mol. The number of hydrogen-bond donors (Lipinski definition) is 2. The summed E-state index contributed by atoms with van der Waals surface area (Å²) in [7, 11) is 1.56. The van der Waals surface area contributed by atoms with Crippen molar-refractivity contribution in [2.45, 2.75) is 13.0 Å². The summed E-state index contributed by atoms with van der Waals surface area (Å²) in [6.07, 6.45) is 0. The second kappa shape index (κ2) is 6.10. The summed E-state index contributed by atoms with van der Waals surface area (Å²) < 4.78 is 5.14. The summed E-state index contributed by atoms with van der Waals surface area (Å²) in [5.41, 5.74) is 2.46. The van der Waals surface area contributed by atoms with E-state index in [0.717, 1.165) is 11.3 Å². The quantitative estimate of drug-likeness (QED) is 0.876. The van der Waals surface area contributed by atoms with Gasteiger partial charge in [-0.05, 0) is 36.2 Å². The Kier molecular flexibility index (Phi) is 4.25. The molecule has 0 saturated carbocycles. The Bertz CT molecular complexity index is 610. The van der Waals surface area contributed by atoms with E-state index in [9.17, 15) is 9.90 Å². The van der Waals surface area contributed by atoms with E-state index in [0.29, 0.717) is 11.3 Å². The summed E-state index contributed by atoms with van der Waals surface area (Å²) in [5.74, 6) is -0.290. The van der Waals surface area contributed by atoms with Crippen molar-refractivity contribution in [3.8, 4) is 5.75 Å². The zero-order valence-corrected chi connectivity index (χ0v) is 11.5. The van der Waals surface area contributed by atoms with Gasteiger partial charge >= 0.3 is 5.97 Å². The number of benzene rings is 2. The Labute approximate surface area is 118 Å². The van der Waals surface area contributed by atoms with Gasteiger partial charge in [-0.15, -0.1) is 0 Å². The predicted octanol–water partition coefficient (Wildman–Crippen LogP) is 3.24. The van der Waals surface area contributed by atoms with Crippen molar-refractivity contribution in [2.24, 2.45) is 0 Å². The van der Waals surface area contributed by atoms with Gasteiger partial charge in [-0.2, -0.15) is 0 Å². The molecule has 104 valence electrons. The van der Waals surface area contributed by atoms with Crippen molar-refractivity contribution in [1.82, 2.24) is 0 Å². The summed E-state index contributed by atoms with van der Waals surface area (Å²) in [6.45, 7) is 1.94. The first-order valence-corrected chi connectivity index (χ1v) is 6.30. The van der Waals surface area contributed by atoms with Crippen LogP contribution >= 0.6 is 0 Å². The molecular formula is C16H17NO3. The molecule has 2 aromatic carbocycles. The van der Waals surface area contributed by atoms with Gasteiger partial charge in [-0.25, -0.2) is 4.79 Å². The van der Waals surface area contributed by atoms with Crippen molar-refractivity contribution in [1.29, 1.82) is 0 Å². The zero-order chi connectivity index (χ0) is 14.5. The molecule has 0 aromatic heterocycles. The number of hydrogen-bond acceptors (Lipinski definition) is 3. The van der Waals surface area contributed by atoms with Crippen LogP contribution in [0, 0.1) is 6.92 Å². The SMILES string of the molecule is COc1cccc(C(Nc2ccccc2C)C(=O)O)c1. The topological polar surface area (TPSA) is 58.6 Å². The van der Waals surface area contributed by atoms with E-state index in [1.165, 1.54) is 0 Å². The molecule has 0 fully saturated rings. The second-order valence-corrected chi connectivity index (χ2v) is 4.51. The summed E-state index contributed by atoms with van der Waals surface area (Å²) in [6, 6.07) is 13.8. The summed E-state index contributed by atoms with van der Waals surface area (Å²) >= 11 is 0. The van der Waals surface area contributed by atoms with Crippen LogP contribution in [0.25, 0.3) is 0 Å². The smallest absolute Gasteiger partial charge is 0.330 e. The fraction of sp³-hybridized carbons (Fsp3) is 0.188. The lowest BCUT2D eigenvalue weighted by Gasteiger charge is -2.18. The number of carboxylic acid groups (broad SMARTS) is 1. The lowest BCUT2D eigenvalue weighted by molar-refractivity contribution is -0.138. The predicted molar refractivity (Wildman–Crippen MR) is 78.2 cm³/mol. The third kappa shape index (κ3) is 3.09. The summed E-state index contributed by atoms with van der Waals surface area (Å²) in [5, 5.41) is 12.5. The van der Waals surface area contributed by atoms with Gasteiger partial charge in [0.1, 0.15) is 5.75 Å². The van der Waals surface area contributed by atoms with Gasteiger partial charge < -0.3 is 15.2 Å². The molecule has 2 aromatic rings. The molecule has 0 aliphatic rings. The van der Waals surface area contributed by atoms with E-state index < -0.39 is 12.0 Å². The minimum Gasteiger partial charge on any atom is -0.497 e. The standard InChI is InChI=1S/C16H17NO3/c1-11-6-3-4-9-14(11)17-15(16(18)19)12-7-5-8-13(10-12)20-2/h3-10,15,17H,1-2H3,(H,18,19). The molecule has 0 aliphatic carbocycles. The van der Waals surface area contributed by atoms with E-state index in [-0.39, 0.29) is 0 Å². The third-order valence-corrected chi connectivity index (χ3v) is 3.12. The van der Waals surface area contributed by atoms with Gasteiger partial charge in [0, 0.05) is 5.69 Å². The number of rotatable bonds is 5. The highest BCUT2D eigenvalue weighted by molar-refractivity contribution is 5.79. The van der Waals surface area contributed by atoms with Gasteiger partial charge in [0.05, 0.1) is 7.11 Å². The largest absolute Gasteiger partial charge is 0.497 e. The van der Waals surface area contributed by atoms with Crippen LogP contribution in [-0.2, 0) is 4.79 Å². The molecule has 2 N–H and O–H groups in total. The Morgan fingerprint density at radius 1 is 1.20 bits per heavy atom. The molecule has 1 unspecified atom stereocenters. The van der Waals surface area contributed by atoms with Crippen LogP contribution in [0.5, 0.6) is 5.75 Å². The molecule has 0 saturated heterocycles. The Morgan fingerprint density at radius 2 is 1.95 bits per heavy atom. The molecule has 4 nitrogen and oxygen atoms in total. The van der Waals surface area contributed by atoms with Crippen LogP contribution in [-0.4, -0.2) is 18.2 Å². The maximum absolute atomic E-state index is 11.5. The van der Waals surface area contributed by atoms with Crippen LogP contribution < -0.4 is 10.1 Å². The Hall–Kier alpha value is -2.49. The molecule has 0 aliphatic heterocycles. The highest BCUT2D eigenvalue weighted by Crippen LogP contribution is 2.25. The van der Waals surface area contributed by atoms with Gasteiger partial charge in [0.2, 0.25) is 0 Å². The first-order valence-electron chi connectivity index (χ1n) is 6.30. The van der Waals surface area contributed by atoms with E-state index in [1.54, 1.807) is 31.4 Å². The van der Waals surface area contributed by atoms with Crippen LogP contribution in [0.4, 0.5) is 5.69 Å². The first-order chi connectivity index (χ1) is 9.61. The van der Waals surface area contributed by atoms with E-state index in [4.69, 9.17) is 4.74 Å². The van der Waals surface area contributed by atoms with Crippen molar-refractivity contribution < 1.29 is 14.6 Å². The number of nitrogens with one attached hydrogen (secondary N) is 1. The molecule has 0 spiro atoms. The van der Waals surface area contributed by atoms with Crippen LogP contribution in [0.2, 0.25) is 0 Å². The van der Waals surface area contributed by atoms with Gasteiger partial charge in [-0.1, -0.05) is 30.3 Å². The molecule has 2 rings (SSSR count). The molecular weight excluding hydrogens is 254 g/mol. The Balaban J connectivity index is 2.32. The molecule has 0 heterocycles. The minimum atomic E-state index is -0.929. The van der Waals surface area contributed by atoms with E-state index >= 15 is 0 Å². The minimum absolute atomic E-state index is 0.639. The fourth-order valence-corrected chi connectivity index (χ4v) is 2.00. The van der Waals surface area contributed by atoms with Crippen molar-refractivity contribution in [3.63, 3.8) is 0 Å². The second-order valence-electron chi connectivity index (χ2n) is 4.51. The number of aliphatic carboxylic acids is 1. The fourth-order valence-electron chi connectivity index (χ4n) is 2.00. The average Bonchev–Trinajstić information content (AvgIpc) is 2.46. The number of carboxylic acids is 1. The molecule has 0 bridgehead atoms.